The molecule has 0 bridgehead atoms. The third-order valence-electron chi connectivity index (χ3n) is 4.26. The summed E-state index contributed by atoms with van der Waals surface area (Å²) in [5.41, 5.74) is -4.61. The highest BCUT2D eigenvalue weighted by atomic mass is 32.1. The predicted molar refractivity (Wildman–Crippen MR) is 105 cm³/mol. The first kappa shape index (κ1) is 26.9. The average molecular weight is 510 g/mol. The maximum atomic E-state index is 13.2. The molecule has 2 amide bonds. The van der Waals surface area contributed by atoms with Crippen LogP contribution in [0.2, 0.25) is 0 Å². The third-order valence-corrected chi connectivity index (χ3v) is 5.39. The standard InChI is InChI=1S/C19H16F6N4O4S/c1-2-33-14(30)9-27-15(31)29(10-12-5-3-11(7-26)4-6-12)16-28-8-13(34-16)17(32,18(20,21)22)19(23,24)25/h3-6,8,32H,2,9-10H2,1H3,(H,27,31). The lowest BCUT2D eigenvalue weighted by molar-refractivity contribution is -0.375. The maximum absolute atomic E-state index is 13.2. The van der Waals surface area contributed by atoms with Gasteiger partial charge in [0.25, 0.3) is 5.60 Å². The van der Waals surface area contributed by atoms with Gasteiger partial charge in [0, 0.05) is 6.20 Å². The quantitative estimate of drug-likeness (QED) is 0.435. The summed E-state index contributed by atoms with van der Waals surface area (Å²) in [6.45, 7) is 0.483. The van der Waals surface area contributed by atoms with Gasteiger partial charge in [-0.15, -0.1) is 0 Å². The molecule has 2 aromatic rings. The Morgan fingerprint density at radius 1 is 1.18 bits per heavy atom. The number of ether oxygens (including phenoxy) is 1. The van der Waals surface area contributed by atoms with Gasteiger partial charge >= 0.3 is 24.4 Å². The van der Waals surface area contributed by atoms with E-state index in [9.17, 15) is 41.0 Å². The summed E-state index contributed by atoms with van der Waals surface area (Å²) in [5.74, 6) is -0.836. The van der Waals surface area contributed by atoms with Crippen LogP contribution in [-0.4, -0.2) is 47.6 Å². The number of esters is 1. The molecular formula is C19H16F6N4O4S. The molecule has 0 saturated carbocycles. The fourth-order valence-corrected chi connectivity index (χ4v) is 3.59. The number of rotatable bonds is 7. The number of benzene rings is 1. The van der Waals surface area contributed by atoms with Crippen LogP contribution in [0.1, 0.15) is 22.9 Å². The Bertz CT molecular complexity index is 1050. The van der Waals surface area contributed by atoms with Crippen molar-refractivity contribution < 1.29 is 45.8 Å². The van der Waals surface area contributed by atoms with Crippen molar-refractivity contribution >= 4 is 28.5 Å². The smallest absolute Gasteiger partial charge is 0.431 e. The van der Waals surface area contributed by atoms with Crippen molar-refractivity contribution in [2.75, 3.05) is 18.1 Å². The molecule has 1 aromatic heterocycles. The van der Waals surface area contributed by atoms with Crippen LogP contribution in [-0.2, 0) is 21.7 Å². The number of hydrogen-bond acceptors (Lipinski definition) is 7. The molecule has 0 saturated heterocycles. The zero-order valence-corrected chi connectivity index (χ0v) is 18.0. The van der Waals surface area contributed by atoms with E-state index in [4.69, 9.17) is 5.26 Å². The highest BCUT2D eigenvalue weighted by Crippen LogP contribution is 2.52. The number of aromatic nitrogens is 1. The molecule has 15 heteroatoms. The van der Waals surface area contributed by atoms with E-state index in [1.54, 1.807) is 0 Å². The summed E-state index contributed by atoms with van der Waals surface area (Å²) < 4.78 is 83.8. The number of halogens is 6. The number of thiazole rings is 1. The van der Waals surface area contributed by atoms with Crippen molar-refractivity contribution in [2.45, 2.75) is 31.4 Å². The van der Waals surface area contributed by atoms with E-state index in [1.165, 1.54) is 31.2 Å². The number of amides is 2. The fraction of sp³-hybridized carbons (Fsp3) is 0.368. The number of nitrogens with zero attached hydrogens (tertiary/aromatic N) is 3. The van der Waals surface area contributed by atoms with Crippen LogP contribution in [0, 0.1) is 11.3 Å². The second kappa shape index (κ2) is 10.3. The van der Waals surface area contributed by atoms with Gasteiger partial charge in [0.2, 0.25) is 0 Å². The SMILES string of the molecule is CCOC(=O)CNC(=O)N(Cc1ccc(C#N)cc1)c1ncc(C(O)(C(F)(F)F)C(F)(F)F)s1. The number of alkyl halides is 6. The molecule has 1 aromatic carbocycles. The van der Waals surface area contributed by atoms with Gasteiger partial charge in [0.05, 0.1) is 29.7 Å². The van der Waals surface area contributed by atoms with Gasteiger partial charge in [-0.2, -0.15) is 31.6 Å². The summed E-state index contributed by atoms with van der Waals surface area (Å²) in [5, 5.41) is 20.0. The molecule has 0 aliphatic rings. The lowest BCUT2D eigenvalue weighted by Crippen LogP contribution is -2.53. The second-order valence-electron chi connectivity index (χ2n) is 6.57. The summed E-state index contributed by atoms with van der Waals surface area (Å²) in [7, 11) is 0. The summed E-state index contributed by atoms with van der Waals surface area (Å²) in [6, 6.07) is 6.34. The zero-order valence-electron chi connectivity index (χ0n) is 17.2. The van der Waals surface area contributed by atoms with Gasteiger partial charge in [-0.25, -0.2) is 9.78 Å². The van der Waals surface area contributed by atoms with E-state index in [1.807, 2.05) is 6.07 Å². The number of anilines is 1. The Hall–Kier alpha value is -3.38. The van der Waals surface area contributed by atoms with Crippen LogP contribution in [0.25, 0.3) is 0 Å². The number of urea groups is 1. The van der Waals surface area contributed by atoms with Gasteiger partial charge in [-0.05, 0) is 24.6 Å². The highest BCUT2D eigenvalue weighted by molar-refractivity contribution is 7.15. The van der Waals surface area contributed by atoms with E-state index in [2.05, 4.69) is 15.0 Å². The van der Waals surface area contributed by atoms with Crippen molar-refractivity contribution in [3.8, 4) is 6.07 Å². The summed E-state index contributed by atoms with van der Waals surface area (Å²) in [6.07, 6.45) is -12.1. The van der Waals surface area contributed by atoms with Crippen molar-refractivity contribution in [1.29, 1.82) is 5.26 Å². The normalized spacial score (nSPS) is 12.1. The number of nitrogens with one attached hydrogen (secondary N) is 1. The van der Waals surface area contributed by atoms with Crippen LogP contribution in [0.3, 0.4) is 0 Å². The molecule has 184 valence electrons. The first-order valence-corrected chi connectivity index (χ1v) is 10.1. The van der Waals surface area contributed by atoms with E-state index in [-0.39, 0.29) is 29.7 Å². The molecule has 0 atom stereocenters. The third kappa shape index (κ3) is 5.75. The largest absolute Gasteiger partial charge is 0.465 e. The van der Waals surface area contributed by atoms with Gasteiger partial charge < -0.3 is 15.2 Å². The van der Waals surface area contributed by atoms with Gasteiger partial charge in [-0.3, -0.25) is 9.69 Å². The Morgan fingerprint density at radius 3 is 2.26 bits per heavy atom. The minimum absolute atomic E-state index is 0.00691. The molecule has 8 nitrogen and oxygen atoms in total. The number of hydrogen-bond donors (Lipinski definition) is 2. The van der Waals surface area contributed by atoms with Crippen LogP contribution in [0.4, 0.5) is 36.3 Å². The minimum atomic E-state index is -6.13. The second-order valence-corrected chi connectivity index (χ2v) is 7.58. The molecule has 1 heterocycles. The molecule has 0 aliphatic carbocycles. The van der Waals surface area contributed by atoms with Crippen molar-refractivity contribution in [3.05, 3.63) is 46.5 Å². The number of carbonyl (C=O) groups excluding carboxylic acids is 2. The van der Waals surface area contributed by atoms with Gasteiger partial charge in [0.1, 0.15) is 6.54 Å². The molecular weight excluding hydrogens is 494 g/mol. The van der Waals surface area contributed by atoms with E-state index < -0.39 is 53.1 Å². The molecule has 0 aliphatic heterocycles. The zero-order chi connectivity index (χ0) is 25.7. The monoisotopic (exact) mass is 510 g/mol. The lowest BCUT2D eigenvalue weighted by Gasteiger charge is -2.30. The molecule has 2 N–H and O–H groups in total. The first-order chi connectivity index (χ1) is 15.7. The van der Waals surface area contributed by atoms with Crippen LogP contribution in [0.5, 0.6) is 0 Å². The topological polar surface area (TPSA) is 116 Å². The van der Waals surface area contributed by atoms with Crippen molar-refractivity contribution in [2.24, 2.45) is 0 Å². The molecule has 0 unspecified atom stereocenters. The Morgan fingerprint density at radius 2 is 1.76 bits per heavy atom. The lowest BCUT2D eigenvalue weighted by atomic mass is 10.0. The Balaban J connectivity index is 2.44. The number of aliphatic hydroxyl groups is 1. The molecule has 0 spiro atoms. The number of nitriles is 1. The molecule has 34 heavy (non-hydrogen) atoms. The summed E-state index contributed by atoms with van der Waals surface area (Å²) >= 11 is -0.203. The fourth-order valence-electron chi connectivity index (χ4n) is 2.55. The van der Waals surface area contributed by atoms with Crippen molar-refractivity contribution in [3.63, 3.8) is 0 Å². The predicted octanol–water partition coefficient (Wildman–Crippen LogP) is 3.61. The van der Waals surface area contributed by atoms with Gasteiger partial charge in [-0.1, -0.05) is 23.5 Å². The van der Waals surface area contributed by atoms with Gasteiger partial charge in [0.15, 0.2) is 5.13 Å². The van der Waals surface area contributed by atoms with E-state index in [0.29, 0.717) is 10.5 Å². The molecule has 0 radical (unpaired) electrons. The van der Waals surface area contributed by atoms with Crippen LogP contribution in [0.15, 0.2) is 30.5 Å². The number of carbonyl (C=O) groups is 2. The van der Waals surface area contributed by atoms with Crippen LogP contribution >= 0.6 is 11.3 Å². The minimum Gasteiger partial charge on any atom is -0.465 e. The van der Waals surface area contributed by atoms with E-state index >= 15 is 0 Å². The van der Waals surface area contributed by atoms with E-state index in [0.717, 1.165) is 0 Å². The van der Waals surface area contributed by atoms with Crippen LogP contribution < -0.4 is 10.2 Å². The highest BCUT2D eigenvalue weighted by Gasteiger charge is 2.72. The van der Waals surface area contributed by atoms with Crippen molar-refractivity contribution in [1.82, 2.24) is 10.3 Å². The Labute approximate surface area is 192 Å². The Kier molecular flexibility index (Phi) is 8.11. The molecule has 0 fully saturated rings. The molecule has 2 rings (SSSR count). The maximum Gasteiger partial charge on any atom is 0.431 e. The average Bonchev–Trinajstić information content (AvgIpc) is 3.24. The first-order valence-electron chi connectivity index (χ1n) is 9.26. The summed E-state index contributed by atoms with van der Waals surface area (Å²) in [4.78, 5) is 26.7.